The largest absolute Gasteiger partial charge is 0.494 e. The first-order valence-corrected chi connectivity index (χ1v) is 16.6. The van der Waals surface area contributed by atoms with E-state index in [2.05, 4.69) is 45.0 Å². The molecule has 0 spiro atoms. The molecule has 0 fully saturated rings. The van der Waals surface area contributed by atoms with Crippen molar-refractivity contribution in [1.82, 2.24) is 0 Å². The third-order valence-electron chi connectivity index (χ3n) is 7.64. The summed E-state index contributed by atoms with van der Waals surface area (Å²) in [4.78, 5) is 31.3. The minimum absolute atomic E-state index is 0.117. The molecule has 4 nitrogen and oxygen atoms in total. The van der Waals surface area contributed by atoms with Crippen molar-refractivity contribution in [2.24, 2.45) is 0 Å². The van der Waals surface area contributed by atoms with Gasteiger partial charge >= 0.3 is 0 Å². The van der Waals surface area contributed by atoms with Crippen LogP contribution in [0.3, 0.4) is 0 Å². The number of hydrogen-bond acceptors (Lipinski definition) is 6. The molecule has 0 saturated carbocycles. The van der Waals surface area contributed by atoms with Gasteiger partial charge in [-0.1, -0.05) is 92.8 Å². The summed E-state index contributed by atoms with van der Waals surface area (Å²) in [6, 6.07) is 35.2. The number of carbonyl (C=O) groups excluding carboxylic acids is 2. The van der Waals surface area contributed by atoms with E-state index in [1.807, 2.05) is 79.7 Å². The lowest BCUT2D eigenvalue weighted by Gasteiger charge is -2.22. The van der Waals surface area contributed by atoms with Crippen LogP contribution < -0.4 is 9.47 Å². The Labute approximate surface area is 273 Å². The second-order valence-corrected chi connectivity index (χ2v) is 14.1. The number of hydrogen-bond donors (Lipinski definition) is 0. The highest BCUT2D eigenvalue weighted by atomic mass is 32.2. The molecule has 0 unspecified atom stereocenters. The van der Waals surface area contributed by atoms with Crippen LogP contribution in [0.15, 0.2) is 129 Å². The molecule has 5 aromatic carbocycles. The van der Waals surface area contributed by atoms with E-state index in [1.54, 1.807) is 12.1 Å². The van der Waals surface area contributed by atoms with Crippen LogP contribution in [0, 0.1) is 0 Å². The molecular formula is C39H34O4S2. The lowest BCUT2D eigenvalue weighted by Crippen LogP contribution is -2.22. The first kappa shape index (κ1) is 30.8. The molecule has 0 aliphatic heterocycles. The van der Waals surface area contributed by atoms with Crippen LogP contribution in [-0.2, 0) is 12.0 Å². The molecule has 5 aromatic rings. The van der Waals surface area contributed by atoms with E-state index >= 15 is 0 Å². The summed E-state index contributed by atoms with van der Waals surface area (Å²) in [6.45, 7) is 9.65. The maximum Gasteiger partial charge on any atom is 0.195 e. The highest BCUT2D eigenvalue weighted by molar-refractivity contribution is 7.99. The van der Waals surface area contributed by atoms with Crippen molar-refractivity contribution in [3.05, 3.63) is 143 Å². The number of benzene rings is 5. The van der Waals surface area contributed by atoms with Gasteiger partial charge in [0.05, 0.1) is 6.61 Å². The molecular weight excluding hydrogens is 597 g/mol. The molecule has 0 atom stereocenters. The zero-order chi connectivity index (χ0) is 31.6. The van der Waals surface area contributed by atoms with Crippen molar-refractivity contribution in [2.45, 2.75) is 59.3 Å². The molecule has 45 heavy (non-hydrogen) atoms. The summed E-state index contributed by atoms with van der Waals surface area (Å²) in [5.74, 6) is 1.31. The highest BCUT2D eigenvalue weighted by Gasteiger charge is 2.33. The Kier molecular flexibility index (Phi) is 8.88. The molecule has 6 heteroatoms. The number of ether oxygens (including phenoxy) is 2. The Hall–Kier alpha value is -4.26. The fraction of sp³-hybridized carbons (Fsp3) is 0.179. The van der Waals surface area contributed by atoms with Crippen LogP contribution in [0.25, 0.3) is 0 Å². The number of carbonyl (C=O) groups is 2. The van der Waals surface area contributed by atoms with Gasteiger partial charge < -0.3 is 9.47 Å². The van der Waals surface area contributed by atoms with E-state index in [9.17, 15) is 9.59 Å². The average molecular weight is 631 g/mol. The second kappa shape index (κ2) is 13.0. The second-order valence-electron chi connectivity index (χ2n) is 11.8. The van der Waals surface area contributed by atoms with Crippen molar-refractivity contribution in [3.63, 3.8) is 0 Å². The van der Waals surface area contributed by atoms with Crippen molar-refractivity contribution >= 4 is 35.1 Å². The summed E-state index contributed by atoms with van der Waals surface area (Å²) in [6.07, 6.45) is 0. The molecule has 0 bridgehead atoms. The zero-order valence-electron chi connectivity index (χ0n) is 25.8. The van der Waals surface area contributed by atoms with Crippen LogP contribution >= 0.6 is 23.5 Å². The Bertz CT molecular complexity index is 1850. The standard InChI is InChI=1S/C39H34O4S2/c1-5-42-27-16-20-29(21-17-27)44-33-10-6-8-31-35(33)37(40)32-9-7-11-34(36(32)38(31)41)45-30-22-18-28(19-23-30)43-24-25-12-14-26(15-13-25)39(2,3)4/h6-23H,5,24H2,1-4H3. The normalized spacial score (nSPS) is 12.4. The molecule has 6 rings (SSSR count). The van der Waals surface area contributed by atoms with Gasteiger partial charge in [0.25, 0.3) is 0 Å². The van der Waals surface area contributed by atoms with Crippen molar-refractivity contribution in [3.8, 4) is 11.5 Å². The number of fused-ring (bicyclic) bond motifs is 2. The Balaban J connectivity index is 1.18. The minimum atomic E-state index is -0.130. The van der Waals surface area contributed by atoms with E-state index in [0.29, 0.717) is 35.5 Å². The molecule has 0 N–H and O–H groups in total. The smallest absolute Gasteiger partial charge is 0.195 e. The molecule has 1 aliphatic rings. The molecule has 0 amide bonds. The topological polar surface area (TPSA) is 52.6 Å². The van der Waals surface area contributed by atoms with E-state index in [-0.39, 0.29) is 17.0 Å². The van der Waals surface area contributed by atoms with Crippen LogP contribution in [0.4, 0.5) is 0 Å². The van der Waals surface area contributed by atoms with Crippen LogP contribution in [0.5, 0.6) is 11.5 Å². The lowest BCUT2D eigenvalue weighted by molar-refractivity contribution is 0.0974. The van der Waals surface area contributed by atoms with Crippen LogP contribution in [-0.4, -0.2) is 18.2 Å². The van der Waals surface area contributed by atoms with Crippen LogP contribution in [0.1, 0.15) is 70.7 Å². The first-order valence-electron chi connectivity index (χ1n) is 15.0. The number of rotatable bonds is 9. The van der Waals surface area contributed by atoms with Crippen molar-refractivity contribution < 1.29 is 19.1 Å². The maximum atomic E-state index is 13.9. The Morgan fingerprint density at radius 1 is 0.578 bits per heavy atom. The maximum absolute atomic E-state index is 13.9. The zero-order valence-corrected chi connectivity index (χ0v) is 27.4. The summed E-state index contributed by atoms with van der Waals surface area (Å²) < 4.78 is 11.6. The Morgan fingerprint density at radius 2 is 1.04 bits per heavy atom. The van der Waals surface area contributed by atoms with Gasteiger partial charge in [0, 0.05) is 41.8 Å². The molecule has 1 aliphatic carbocycles. The number of ketones is 2. The Morgan fingerprint density at radius 3 is 1.49 bits per heavy atom. The average Bonchev–Trinajstić information content (AvgIpc) is 3.04. The lowest BCUT2D eigenvalue weighted by atomic mass is 9.84. The quantitative estimate of drug-likeness (QED) is 0.158. The first-order chi connectivity index (χ1) is 21.7. The minimum Gasteiger partial charge on any atom is -0.494 e. The van der Waals surface area contributed by atoms with Gasteiger partial charge in [-0.25, -0.2) is 0 Å². The van der Waals surface area contributed by atoms with E-state index in [0.717, 1.165) is 36.6 Å². The highest BCUT2D eigenvalue weighted by Crippen LogP contribution is 2.41. The third kappa shape index (κ3) is 6.73. The van der Waals surface area contributed by atoms with Gasteiger partial charge in [-0.15, -0.1) is 0 Å². The molecule has 0 radical (unpaired) electrons. The van der Waals surface area contributed by atoms with Gasteiger partial charge in [0.2, 0.25) is 0 Å². The van der Waals surface area contributed by atoms with Crippen LogP contribution in [0.2, 0.25) is 0 Å². The fourth-order valence-corrected chi connectivity index (χ4v) is 7.20. The predicted molar refractivity (Wildman–Crippen MR) is 182 cm³/mol. The molecule has 0 aromatic heterocycles. The molecule has 226 valence electrons. The van der Waals surface area contributed by atoms with Gasteiger partial charge in [-0.3, -0.25) is 9.59 Å². The van der Waals surface area contributed by atoms with Gasteiger partial charge in [0.15, 0.2) is 11.6 Å². The predicted octanol–water partition coefficient (Wildman–Crippen LogP) is 10.0. The van der Waals surface area contributed by atoms with Gasteiger partial charge in [-0.2, -0.15) is 0 Å². The third-order valence-corrected chi connectivity index (χ3v) is 9.77. The summed E-state index contributed by atoms with van der Waals surface area (Å²) in [5, 5.41) is 0. The van der Waals surface area contributed by atoms with Crippen molar-refractivity contribution in [1.29, 1.82) is 0 Å². The fourth-order valence-electron chi connectivity index (χ4n) is 5.24. The van der Waals surface area contributed by atoms with Crippen molar-refractivity contribution in [2.75, 3.05) is 6.61 Å². The van der Waals surface area contributed by atoms with E-state index in [4.69, 9.17) is 9.47 Å². The molecule has 0 heterocycles. The van der Waals surface area contributed by atoms with E-state index in [1.165, 1.54) is 29.1 Å². The monoisotopic (exact) mass is 630 g/mol. The molecule has 0 saturated heterocycles. The SMILES string of the molecule is CCOc1ccc(Sc2cccc3c2C(=O)c2cccc(Sc4ccc(OCc5ccc(C(C)(C)C)cc5)cc4)c2C3=O)cc1. The van der Waals surface area contributed by atoms with Gasteiger partial charge in [-0.05, 0) is 84.1 Å². The summed E-state index contributed by atoms with van der Waals surface area (Å²) in [7, 11) is 0. The van der Waals surface area contributed by atoms with E-state index < -0.39 is 0 Å². The summed E-state index contributed by atoms with van der Waals surface area (Å²) >= 11 is 2.95. The summed E-state index contributed by atoms with van der Waals surface area (Å²) in [5.41, 5.74) is 4.33. The van der Waals surface area contributed by atoms with Gasteiger partial charge in [0.1, 0.15) is 18.1 Å².